The van der Waals surface area contributed by atoms with Crippen molar-refractivity contribution >= 4 is 23.9 Å². The molecule has 0 aliphatic carbocycles. The molecular formula is C34H54O11. The standard InChI is InChI=1S/C34H54O11/c1-9-10-11-12-13-14-15-16-17-18-19-28(43-30(39)25(4)5)27(8)32(41)45-34(44-31(40)26(6)7,23-42-29(38)24(2)3)33(20-35,21-36)22-37/h35-37H,2,4,6,9-23H2,1,3,5,7-8H3/b28-27+. The fraction of sp³-hybridized carbons (Fsp3) is 0.647. The molecule has 11 heteroatoms. The van der Waals surface area contributed by atoms with E-state index in [0.717, 1.165) is 25.7 Å². The van der Waals surface area contributed by atoms with Gasteiger partial charge in [-0.15, -0.1) is 0 Å². The van der Waals surface area contributed by atoms with Crippen LogP contribution >= 0.6 is 0 Å². The van der Waals surface area contributed by atoms with Gasteiger partial charge < -0.3 is 34.3 Å². The number of unbranched alkanes of at least 4 members (excludes halogenated alkanes) is 9. The first-order valence-electron chi connectivity index (χ1n) is 15.5. The van der Waals surface area contributed by atoms with Gasteiger partial charge in [-0.1, -0.05) is 84.4 Å². The molecule has 0 saturated heterocycles. The number of aliphatic hydroxyl groups excluding tert-OH is 3. The van der Waals surface area contributed by atoms with Crippen LogP contribution in [0.25, 0.3) is 0 Å². The summed E-state index contributed by atoms with van der Waals surface area (Å²) in [6.45, 7) is 13.9. The van der Waals surface area contributed by atoms with Crippen LogP contribution in [0.4, 0.5) is 0 Å². The van der Waals surface area contributed by atoms with Gasteiger partial charge in [0.1, 0.15) is 11.2 Å². The fourth-order valence-electron chi connectivity index (χ4n) is 4.11. The second-order valence-corrected chi connectivity index (χ2v) is 11.6. The minimum atomic E-state index is -2.74. The van der Waals surface area contributed by atoms with Gasteiger partial charge in [0.15, 0.2) is 6.61 Å². The quantitative estimate of drug-likeness (QED) is 0.0320. The summed E-state index contributed by atoms with van der Waals surface area (Å²) in [6, 6.07) is 0. The Labute approximate surface area is 268 Å². The van der Waals surface area contributed by atoms with Crippen LogP contribution in [0, 0.1) is 5.41 Å². The first-order chi connectivity index (χ1) is 21.2. The smallest absolute Gasteiger partial charge is 0.340 e. The van der Waals surface area contributed by atoms with Gasteiger partial charge >= 0.3 is 29.7 Å². The number of aliphatic hydroxyl groups is 3. The van der Waals surface area contributed by atoms with Crippen LogP contribution < -0.4 is 0 Å². The monoisotopic (exact) mass is 638 g/mol. The molecule has 0 spiro atoms. The maximum atomic E-state index is 13.6. The summed E-state index contributed by atoms with van der Waals surface area (Å²) in [5.74, 6) is -6.81. The van der Waals surface area contributed by atoms with Gasteiger partial charge in [-0.3, -0.25) is 0 Å². The van der Waals surface area contributed by atoms with Crippen LogP contribution in [0.2, 0.25) is 0 Å². The Morgan fingerprint density at radius 1 is 0.600 bits per heavy atom. The Kier molecular flexibility index (Phi) is 19.9. The van der Waals surface area contributed by atoms with E-state index in [1.807, 2.05) is 0 Å². The van der Waals surface area contributed by atoms with Crippen molar-refractivity contribution in [3.8, 4) is 0 Å². The van der Waals surface area contributed by atoms with Crippen LogP contribution in [0.5, 0.6) is 0 Å². The number of hydrogen-bond acceptors (Lipinski definition) is 11. The van der Waals surface area contributed by atoms with Gasteiger partial charge in [-0.2, -0.15) is 0 Å². The Morgan fingerprint density at radius 2 is 1.02 bits per heavy atom. The minimum Gasteiger partial charge on any atom is -0.454 e. The van der Waals surface area contributed by atoms with E-state index in [4.69, 9.17) is 18.9 Å². The second-order valence-electron chi connectivity index (χ2n) is 11.6. The molecule has 0 rings (SSSR count). The van der Waals surface area contributed by atoms with Crippen LogP contribution in [0.1, 0.15) is 105 Å². The van der Waals surface area contributed by atoms with Gasteiger partial charge in [0, 0.05) is 23.1 Å². The maximum absolute atomic E-state index is 13.6. The summed E-state index contributed by atoms with van der Waals surface area (Å²) < 4.78 is 21.7. The molecule has 0 bridgehead atoms. The Balaban J connectivity index is 6.35. The zero-order chi connectivity index (χ0) is 34.6. The predicted molar refractivity (Wildman–Crippen MR) is 169 cm³/mol. The highest BCUT2D eigenvalue weighted by atomic mass is 16.8. The molecule has 256 valence electrons. The lowest BCUT2D eigenvalue weighted by Gasteiger charge is -2.44. The summed E-state index contributed by atoms with van der Waals surface area (Å²) in [5.41, 5.74) is -2.56. The SMILES string of the molecule is C=C(C)C(=O)OCC(OC(=O)C(=C)C)(OC(=O)/C(C)=C(\CCCCCCCCCCCC)OC(=O)C(=C)C)C(CO)(CO)CO. The summed E-state index contributed by atoms with van der Waals surface area (Å²) in [6.07, 6.45) is 10.8. The molecule has 45 heavy (non-hydrogen) atoms. The first-order valence-corrected chi connectivity index (χ1v) is 15.5. The molecule has 0 aliphatic heterocycles. The highest BCUT2D eigenvalue weighted by molar-refractivity contribution is 5.92. The molecule has 0 heterocycles. The van der Waals surface area contributed by atoms with Gasteiger partial charge in [-0.05, 0) is 34.1 Å². The average Bonchev–Trinajstić information content (AvgIpc) is 3.00. The van der Waals surface area contributed by atoms with Gasteiger partial charge in [0.2, 0.25) is 0 Å². The van der Waals surface area contributed by atoms with Crippen molar-refractivity contribution in [1.29, 1.82) is 0 Å². The molecule has 1 unspecified atom stereocenters. The zero-order valence-electron chi connectivity index (χ0n) is 27.8. The maximum Gasteiger partial charge on any atom is 0.340 e. The molecule has 0 aliphatic rings. The Morgan fingerprint density at radius 3 is 1.44 bits per heavy atom. The first kappa shape index (κ1) is 41.7. The van der Waals surface area contributed by atoms with E-state index in [-0.39, 0.29) is 34.5 Å². The lowest BCUT2D eigenvalue weighted by atomic mass is 9.81. The third-order valence-electron chi connectivity index (χ3n) is 7.37. The molecule has 0 aromatic heterocycles. The predicted octanol–water partition coefficient (Wildman–Crippen LogP) is 5.13. The number of esters is 4. The minimum absolute atomic E-state index is 0.0192. The molecule has 0 fully saturated rings. The normalized spacial score (nSPS) is 13.2. The van der Waals surface area contributed by atoms with Crippen molar-refractivity contribution in [2.45, 2.75) is 111 Å². The van der Waals surface area contributed by atoms with Crippen molar-refractivity contribution in [2.75, 3.05) is 26.4 Å². The van der Waals surface area contributed by atoms with E-state index in [0.29, 0.717) is 6.42 Å². The molecule has 0 aromatic rings. The van der Waals surface area contributed by atoms with Crippen molar-refractivity contribution in [3.05, 3.63) is 47.8 Å². The van der Waals surface area contributed by atoms with E-state index in [2.05, 4.69) is 26.7 Å². The van der Waals surface area contributed by atoms with Gasteiger partial charge in [0.05, 0.1) is 25.4 Å². The van der Waals surface area contributed by atoms with Crippen LogP contribution in [0.15, 0.2) is 47.8 Å². The molecule has 0 aromatic carbocycles. The van der Waals surface area contributed by atoms with Crippen LogP contribution in [-0.4, -0.2) is 71.4 Å². The number of carbonyl (C=O) groups is 4. The van der Waals surface area contributed by atoms with E-state index < -0.39 is 61.5 Å². The molecule has 0 amide bonds. The highest BCUT2D eigenvalue weighted by Crippen LogP contribution is 2.38. The van der Waals surface area contributed by atoms with E-state index in [1.54, 1.807) is 0 Å². The van der Waals surface area contributed by atoms with Crippen molar-refractivity contribution < 1.29 is 53.4 Å². The van der Waals surface area contributed by atoms with Crippen molar-refractivity contribution in [2.24, 2.45) is 5.41 Å². The molecule has 1 atom stereocenters. The van der Waals surface area contributed by atoms with E-state index in [9.17, 15) is 34.5 Å². The lowest BCUT2D eigenvalue weighted by molar-refractivity contribution is -0.303. The number of rotatable bonds is 24. The topological polar surface area (TPSA) is 166 Å². The number of carbonyl (C=O) groups excluding carboxylic acids is 4. The average molecular weight is 639 g/mol. The molecule has 0 saturated carbocycles. The lowest BCUT2D eigenvalue weighted by Crippen LogP contribution is -2.63. The van der Waals surface area contributed by atoms with Crippen molar-refractivity contribution in [1.82, 2.24) is 0 Å². The van der Waals surface area contributed by atoms with Crippen LogP contribution in [-0.2, 0) is 38.1 Å². The third-order valence-corrected chi connectivity index (χ3v) is 7.37. The summed E-state index contributed by atoms with van der Waals surface area (Å²) in [7, 11) is 0. The molecule has 0 radical (unpaired) electrons. The molecule has 11 nitrogen and oxygen atoms in total. The number of hydrogen-bond donors (Lipinski definition) is 3. The fourth-order valence-corrected chi connectivity index (χ4v) is 4.11. The Bertz CT molecular complexity index is 1060. The van der Waals surface area contributed by atoms with Gasteiger partial charge in [-0.25, -0.2) is 19.2 Å². The van der Waals surface area contributed by atoms with E-state index >= 15 is 0 Å². The summed E-state index contributed by atoms with van der Waals surface area (Å²) in [4.78, 5) is 51.2. The number of allylic oxidation sites excluding steroid dienone is 1. The highest BCUT2D eigenvalue weighted by Gasteiger charge is 2.59. The third kappa shape index (κ3) is 13.7. The number of ether oxygens (including phenoxy) is 4. The largest absolute Gasteiger partial charge is 0.454 e. The van der Waals surface area contributed by atoms with E-state index in [1.165, 1.54) is 59.8 Å². The van der Waals surface area contributed by atoms with Crippen LogP contribution in [0.3, 0.4) is 0 Å². The Hall–Kier alpha value is -3.28. The summed E-state index contributed by atoms with van der Waals surface area (Å²) >= 11 is 0. The molecule has 3 N–H and O–H groups in total. The molecular weight excluding hydrogens is 584 g/mol. The summed E-state index contributed by atoms with van der Waals surface area (Å²) in [5, 5.41) is 30.8. The van der Waals surface area contributed by atoms with Crippen molar-refractivity contribution in [3.63, 3.8) is 0 Å². The zero-order valence-corrected chi connectivity index (χ0v) is 27.8. The van der Waals surface area contributed by atoms with Gasteiger partial charge in [0.25, 0.3) is 0 Å². The second kappa shape index (κ2) is 21.5.